The molecule has 33 heavy (non-hydrogen) atoms. The van der Waals surface area contributed by atoms with Crippen molar-refractivity contribution in [3.63, 3.8) is 0 Å². The van der Waals surface area contributed by atoms with Gasteiger partial charge in [-0.25, -0.2) is 4.98 Å². The minimum Gasteiger partial charge on any atom is -0.494 e. The SMILES string of the molecule is CCOc1ccc2nc(N3CCN(C(=O)c4c(-c5ccccc5Cl)noc4C)CC3)sc2c1. The van der Waals surface area contributed by atoms with Crippen LogP contribution in [0.1, 0.15) is 23.0 Å². The standard InChI is InChI=1S/C24H23ClN4O3S/c1-3-31-16-8-9-19-20(14-16)33-24(26-19)29-12-10-28(11-13-29)23(30)21-15(2)32-27-22(21)17-6-4-5-7-18(17)25/h4-9,14H,3,10-13H2,1-2H3. The molecule has 0 unspecified atom stereocenters. The Labute approximate surface area is 200 Å². The molecule has 1 saturated heterocycles. The van der Waals surface area contributed by atoms with Crippen LogP contribution in [0.25, 0.3) is 21.5 Å². The van der Waals surface area contributed by atoms with Crippen LogP contribution in [0.15, 0.2) is 47.0 Å². The third kappa shape index (κ3) is 4.16. The number of hydrogen-bond acceptors (Lipinski definition) is 7. The molecule has 4 aromatic rings. The number of thiazole rings is 1. The Bertz CT molecular complexity index is 1310. The molecule has 1 amide bonds. The molecule has 0 spiro atoms. The number of carbonyl (C=O) groups is 1. The van der Waals surface area contributed by atoms with Crippen LogP contribution in [-0.2, 0) is 0 Å². The molecular formula is C24H23ClN4O3S. The van der Waals surface area contributed by atoms with Gasteiger partial charge in [-0.05, 0) is 38.1 Å². The van der Waals surface area contributed by atoms with Crippen LogP contribution in [0, 0.1) is 6.92 Å². The van der Waals surface area contributed by atoms with E-state index in [9.17, 15) is 4.79 Å². The van der Waals surface area contributed by atoms with Gasteiger partial charge in [0.05, 0.1) is 21.8 Å². The molecule has 1 aliphatic heterocycles. The largest absolute Gasteiger partial charge is 0.494 e. The molecule has 0 bridgehead atoms. The minimum absolute atomic E-state index is 0.0889. The topological polar surface area (TPSA) is 71.7 Å². The summed E-state index contributed by atoms with van der Waals surface area (Å²) in [6, 6.07) is 13.3. The van der Waals surface area contributed by atoms with Crippen LogP contribution in [0.4, 0.5) is 5.13 Å². The van der Waals surface area contributed by atoms with Crippen molar-refractivity contribution in [3.8, 4) is 17.0 Å². The number of aryl methyl sites for hydroxylation is 1. The number of halogens is 1. The Hall–Kier alpha value is -3.10. The second kappa shape index (κ2) is 9.03. The van der Waals surface area contributed by atoms with Crippen LogP contribution in [0.3, 0.4) is 0 Å². The first-order chi connectivity index (χ1) is 16.0. The van der Waals surface area contributed by atoms with E-state index < -0.39 is 0 Å². The normalized spacial score (nSPS) is 14.2. The molecule has 0 aliphatic carbocycles. The van der Waals surface area contributed by atoms with Crippen molar-refractivity contribution in [2.45, 2.75) is 13.8 Å². The van der Waals surface area contributed by atoms with Crippen molar-refractivity contribution in [2.75, 3.05) is 37.7 Å². The smallest absolute Gasteiger partial charge is 0.259 e. The summed E-state index contributed by atoms with van der Waals surface area (Å²) in [7, 11) is 0. The number of amides is 1. The molecule has 1 aliphatic rings. The number of hydrogen-bond donors (Lipinski definition) is 0. The fraction of sp³-hybridized carbons (Fsp3) is 0.292. The second-order valence-electron chi connectivity index (χ2n) is 7.78. The number of fused-ring (bicyclic) bond motifs is 1. The van der Waals surface area contributed by atoms with E-state index in [4.69, 9.17) is 25.8 Å². The molecule has 1 fully saturated rings. The van der Waals surface area contributed by atoms with Gasteiger partial charge in [0.1, 0.15) is 22.8 Å². The van der Waals surface area contributed by atoms with Gasteiger partial charge in [0, 0.05) is 31.7 Å². The summed E-state index contributed by atoms with van der Waals surface area (Å²) in [5, 5.41) is 5.63. The summed E-state index contributed by atoms with van der Waals surface area (Å²) in [5.41, 5.74) is 2.61. The number of aromatic nitrogens is 2. The first kappa shape index (κ1) is 21.7. The maximum Gasteiger partial charge on any atom is 0.259 e. The highest BCUT2D eigenvalue weighted by Crippen LogP contribution is 2.34. The lowest BCUT2D eigenvalue weighted by Crippen LogP contribution is -2.49. The lowest BCUT2D eigenvalue weighted by atomic mass is 10.0. The second-order valence-corrected chi connectivity index (χ2v) is 9.20. The number of nitrogens with zero attached hydrogens (tertiary/aromatic N) is 4. The molecule has 170 valence electrons. The third-order valence-corrected chi connectivity index (χ3v) is 7.11. The van der Waals surface area contributed by atoms with E-state index in [1.807, 2.05) is 48.2 Å². The Balaban J connectivity index is 1.32. The molecule has 5 rings (SSSR count). The van der Waals surface area contributed by atoms with Gasteiger partial charge in [0.2, 0.25) is 0 Å². The first-order valence-corrected chi connectivity index (χ1v) is 12.0. The molecule has 9 heteroatoms. The summed E-state index contributed by atoms with van der Waals surface area (Å²) in [6.07, 6.45) is 0. The molecule has 3 heterocycles. The molecule has 0 saturated carbocycles. The maximum atomic E-state index is 13.4. The molecule has 0 radical (unpaired) electrons. The quantitative estimate of drug-likeness (QED) is 0.385. The fourth-order valence-electron chi connectivity index (χ4n) is 4.00. The number of piperazine rings is 1. The highest BCUT2D eigenvalue weighted by molar-refractivity contribution is 7.22. The molecule has 0 N–H and O–H groups in total. The predicted octanol–water partition coefficient (Wildman–Crippen LogP) is 5.27. The van der Waals surface area contributed by atoms with Crippen molar-refractivity contribution in [1.82, 2.24) is 15.0 Å². The number of rotatable bonds is 5. The summed E-state index contributed by atoms with van der Waals surface area (Å²) >= 11 is 8.00. The Morgan fingerprint density at radius 1 is 1.18 bits per heavy atom. The Morgan fingerprint density at radius 3 is 2.73 bits per heavy atom. The van der Waals surface area contributed by atoms with E-state index in [1.54, 1.807) is 24.3 Å². The number of ether oxygens (including phenoxy) is 1. The third-order valence-electron chi connectivity index (χ3n) is 5.70. The summed E-state index contributed by atoms with van der Waals surface area (Å²) in [6.45, 7) is 6.95. The van der Waals surface area contributed by atoms with Crippen LogP contribution in [-0.4, -0.2) is 53.7 Å². The zero-order valence-corrected chi connectivity index (χ0v) is 19.9. The van der Waals surface area contributed by atoms with E-state index in [-0.39, 0.29) is 5.91 Å². The van der Waals surface area contributed by atoms with Gasteiger partial charge in [-0.3, -0.25) is 4.79 Å². The zero-order chi connectivity index (χ0) is 22.9. The fourth-order valence-corrected chi connectivity index (χ4v) is 5.28. The summed E-state index contributed by atoms with van der Waals surface area (Å²) in [5.74, 6) is 1.26. The monoisotopic (exact) mass is 482 g/mol. The predicted molar refractivity (Wildman–Crippen MR) is 131 cm³/mol. The lowest BCUT2D eigenvalue weighted by molar-refractivity contribution is 0.0745. The van der Waals surface area contributed by atoms with E-state index in [0.29, 0.717) is 60.4 Å². The highest BCUT2D eigenvalue weighted by Gasteiger charge is 2.30. The molecule has 7 nitrogen and oxygen atoms in total. The van der Waals surface area contributed by atoms with Crippen molar-refractivity contribution < 1.29 is 14.1 Å². The first-order valence-electron chi connectivity index (χ1n) is 10.8. The maximum absolute atomic E-state index is 13.4. The van der Waals surface area contributed by atoms with Crippen molar-refractivity contribution >= 4 is 44.2 Å². The lowest BCUT2D eigenvalue weighted by Gasteiger charge is -2.34. The van der Waals surface area contributed by atoms with Crippen LogP contribution < -0.4 is 9.64 Å². The average Bonchev–Trinajstić information content (AvgIpc) is 3.42. The van der Waals surface area contributed by atoms with Gasteiger partial charge < -0.3 is 19.1 Å². The van der Waals surface area contributed by atoms with Crippen LogP contribution in [0.2, 0.25) is 5.02 Å². The molecule has 2 aromatic carbocycles. The Morgan fingerprint density at radius 2 is 1.97 bits per heavy atom. The van der Waals surface area contributed by atoms with E-state index in [2.05, 4.69) is 10.1 Å². The van der Waals surface area contributed by atoms with Crippen molar-refractivity contribution in [2.24, 2.45) is 0 Å². The van der Waals surface area contributed by atoms with E-state index in [1.165, 1.54) is 0 Å². The van der Waals surface area contributed by atoms with Crippen LogP contribution >= 0.6 is 22.9 Å². The number of benzene rings is 2. The van der Waals surface area contributed by atoms with E-state index >= 15 is 0 Å². The number of anilines is 1. The van der Waals surface area contributed by atoms with Crippen molar-refractivity contribution in [1.29, 1.82) is 0 Å². The highest BCUT2D eigenvalue weighted by atomic mass is 35.5. The van der Waals surface area contributed by atoms with Gasteiger partial charge >= 0.3 is 0 Å². The van der Waals surface area contributed by atoms with Gasteiger partial charge in [0.25, 0.3) is 5.91 Å². The summed E-state index contributed by atoms with van der Waals surface area (Å²) in [4.78, 5) is 22.3. The van der Waals surface area contributed by atoms with E-state index in [0.717, 1.165) is 21.1 Å². The zero-order valence-electron chi connectivity index (χ0n) is 18.4. The number of carbonyl (C=O) groups excluding carboxylic acids is 1. The average molecular weight is 483 g/mol. The van der Waals surface area contributed by atoms with Crippen molar-refractivity contribution in [3.05, 3.63) is 58.8 Å². The molecule has 2 aromatic heterocycles. The Kier molecular flexibility index (Phi) is 5.95. The molecule has 0 atom stereocenters. The van der Waals surface area contributed by atoms with Gasteiger partial charge in [-0.15, -0.1) is 0 Å². The van der Waals surface area contributed by atoms with Gasteiger partial charge in [-0.2, -0.15) is 0 Å². The summed E-state index contributed by atoms with van der Waals surface area (Å²) < 4.78 is 12.1. The van der Waals surface area contributed by atoms with Crippen LogP contribution in [0.5, 0.6) is 5.75 Å². The molecular weight excluding hydrogens is 460 g/mol. The van der Waals surface area contributed by atoms with Gasteiger partial charge in [-0.1, -0.05) is 46.3 Å². The minimum atomic E-state index is -0.0889. The van der Waals surface area contributed by atoms with Gasteiger partial charge in [0.15, 0.2) is 5.13 Å².